The molecule has 7 nitrogen and oxygen atoms in total. The van der Waals surface area contributed by atoms with Gasteiger partial charge in [0.15, 0.2) is 5.69 Å². The first kappa shape index (κ1) is 20.1. The monoisotopic (exact) mass is 441 g/mol. The van der Waals surface area contributed by atoms with E-state index in [1.807, 2.05) is 42.6 Å². The molecule has 1 amide bonds. The summed E-state index contributed by atoms with van der Waals surface area (Å²) in [6.07, 6.45) is 5.11. The van der Waals surface area contributed by atoms with Crippen molar-refractivity contribution in [3.05, 3.63) is 70.5 Å². The quantitative estimate of drug-likeness (QED) is 0.496. The minimum Gasteiger partial charge on any atom is -0.464 e. The Labute approximate surface area is 188 Å². The molecule has 1 aliphatic heterocycles. The van der Waals surface area contributed by atoms with E-state index in [-0.39, 0.29) is 17.4 Å². The van der Waals surface area contributed by atoms with Crippen LogP contribution in [0.1, 0.15) is 35.4 Å². The average Bonchev–Trinajstić information content (AvgIpc) is 3.47. The van der Waals surface area contributed by atoms with Gasteiger partial charge in [-0.05, 0) is 29.8 Å². The van der Waals surface area contributed by atoms with Gasteiger partial charge in [0.05, 0.1) is 12.2 Å². The molecule has 5 rings (SSSR count). The van der Waals surface area contributed by atoms with Gasteiger partial charge in [-0.3, -0.25) is 15.2 Å². The van der Waals surface area contributed by atoms with Gasteiger partial charge in [-0.2, -0.15) is 5.26 Å². The standard InChI is InChI=1S/C24H19N5O2S/c1-24(19-10-16(13-32-19)22-17(12-25)27-6-7-28-22)11-20(26)29(2)23(30)21(24)15-3-4-18-14(9-15)5-8-31-18/h3-10,13,21,26H,11H2,1-2H3/t21?,24-/m1/s1. The van der Waals surface area contributed by atoms with Crippen molar-refractivity contribution in [3.8, 4) is 17.3 Å². The number of likely N-dealkylation sites (tertiary alicyclic amines) is 1. The van der Waals surface area contributed by atoms with E-state index in [0.717, 1.165) is 27.0 Å². The number of piperidine rings is 1. The van der Waals surface area contributed by atoms with E-state index in [0.29, 0.717) is 12.1 Å². The molecule has 0 aliphatic carbocycles. The summed E-state index contributed by atoms with van der Waals surface area (Å²) in [5.41, 5.74) is 2.60. The van der Waals surface area contributed by atoms with Crippen molar-refractivity contribution in [2.24, 2.45) is 0 Å². The average molecular weight is 442 g/mol. The predicted molar refractivity (Wildman–Crippen MR) is 121 cm³/mol. The second-order valence-electron chi connectivity index (χ2n) is 8.15. The Balaban J connectivity index is 1.64. The highest BCUT2D eigenvalue weighted by Crippen LogP contribution is 2.49. The number of amides is 1. The molecule has 1 unspecified atom stereocenters. The molecular weight excluding hydrogens is 422 g/mol. The molecule has 1 saturated heterocycles. The largest absolute Gasteiger partial charge is 0.464 e. The highest BCUT2D eigenvalue weighted by atomic mass is 32.1. The van der Waals surface area contributed by atoms with Crippen molar-refractivity contribution in [2.75, 3.05) is 7.05 Å². The van der Waals surface area contributed by atoms with Gasteiger partial charge < -0.3 is 9.32 Å². The molecule has 1 aliphatic rings. The molecule has 0 bridgehead atoms. The van der Waals surface area contributed by atoms with E-state index in [1.54, 1.807) is 19.5 Å². The first-order valence-corrected chi connectivity index (χ1v) is 10.9. The molecule has 0 radical (unpaired) electrons. The Kier molecular flexibility index (Phi) is 4.64. The molecule has 1 fully saturated rings. The number of carbonyl (C=O) groups is 1. The molecule has 4 aromatic rings. The highest BCUT2D eigenvalue weighted by molar-refractivity contribution is 7.10. The fourth-order valence-electron chi connectivity index (χ4n) is 4.46. The number of benzene rings is 1. The molecule has 2 atom stereocenters. The maximum absolute atomic E-state index is 13.5. The molecule has 158 valence electrons. The Morgan fingerprint density at radius 1 is 1.28 bits per heavy atom. The lowest BCUT2D eigenvalue weighted by molar-refractivity contribution is -0.131. The summed E-state index contributed by atoms with van der Waals surface area (Å²) in [5, 5.41) is 20.7. The number of nitrogens with one attached hydrogen (secondary N) is 1. The van der Waals surface area contributed by atoms with Crippen molar-refractivity contribution in [1.82, 2.24) is 14.9 Å². The van der Waals surface area contributed by atoms with Gasteiger partial charge in [-0.15, -0.1) is 11.3 Å². The molecule has 1 N–H and O–H groups in total. The van der Waals surface area contributed by atoms with Crippen LogP contribution in [-0.4, -0.2) is 33.7 Å². The topological polar surface area (TPSA) is 107 Å². The number of amidine groups is 1. The van der Waals surface area contributed by atoms with Gasteiger partial charge in [0.1, 0.15) is 23.2 Å². The summed E-state index contributed by atoms with van der Waals surface area (Å²) in [6, 6.07) is 11.8. The summed E-state index contributed by atoms with van der Waals surface area (Å²) < 4.78 is 5.47. The van der Waals surface area contributed by atoms with Crippen LogP contribution in [0, 0.1) is 16.7 Å². The third-order valence-electron chi connectivity index (χ3n) is 6.20. The molecule has 0 spiro atoms. The lowest BCUT2D eigenvalue weighted by Crippen LogP contribution is -2.51. The first-order chi connectivity index (χ1) is 15.4. The second-order valence-corrected chi connectivity index (χ2v) is 9.07. The van der Waals surface area contributed by atoms with Crippen molar-refractivity contribution in [1.29, 1.82) is 10.7 Å². The predicted octanol–water partition coefficient (Wildman–Crippen LogP) is 4.70. The maximum Gasteiger partial charge on any atom is 0.236 e. The Morgan fingerprint density at radius 2 is 2.09 bits per heavy atom. The number of furan rings is 1. The van der Waals surface area contributed by atoms with Crippen LogP contribution in [-0.2, 0) is 10.2 Å². The lowest BCUT2D eigenvalue weighted by Gasteiger charge is -2.44. The SMILES string of the molecule is CN1C(=N)C[C@](C)(c2cc(-c3nccnc3C#N)cs2)C(c2ccc3occc3c2)C1=O. The van der Waals surface area contributed by atoms with Crippen LogP contribution in [0.15, 0.2) is 58.8 Å². The Morgan fingerprint density at radius 3 is 2.91 bits per heavy atom. The molecule has 3 aromatic heterocycles. The smallest absolute Gasteiger partial charge is 0.236 e. The minimum absolute atomic E-state index is 0.112. The van der Waals surface area contributed by atoms with Gasteiger partial charge in [0.25, 0.3) is 0 Å². The van der Waals surface area contributed by atoms with Crippen LogP contribution in [0.4, 0.5) is 0 Å². The normalized spacial score (nSPS) is 21.2. The lowest BCUT2D eigenvalue weighted by atomic mass is 9.67. The molecule has 4 heterocycles. The molecule has 8 heteroatoms. The number of likely N-dealkylation sites (N-methyl/N-ethyl adjacent to an activating group) is 1. The highest BCUT2D eigenvalue weighted by Gasteiger charge is 2.49. The van der Waals surface area contributed by atoms with Crippen molar-refractivity contribution < 1.29 is 9.21 Å². The fourth-order valence-corrected chi connectivity index (χ4v) is 5.55. The van der Waals surface area contributed by atoms with Crippen LogP contribution in [0.25, 0.3) is 22.2 Å². The number of aromatic nitrogens is 2. The molecule has 1 aromatic carbocycles. The van der Waals surface area contributed by atoms with Gasteiger partial charge in [0.2, 0.25) is 5.91 Å². The zero-order valence-corrected chi connectivity index (χ0v) is 18.3. The van der Waals surface area contributed by atoms with Gasteiger partial charge in [0, 0.05) is 52.5 Å². The van der Waals surface area contributed by atoms with Crippen molar-refractivity contribution in [3.63, 3.8) is 0 Å². The van der Waals surface area contributed by atoms with E-state index in [9.17, 15) is 10.1 Å². The zero-order chi connectivity index (χ0) is 22.5. The second kappa shape index (κ2) is 7.39. The fraction of sp³-hybridized carbons (Fsp3) is 0.208. The van der Waals surface area contributed by atoms with E-state index in [4.69, 9.17) is 9.83 Å². The number of rotatable bonds is 3. The van der Waals surface area contributed by atoms with E-state index < -0.39 is 11.3 Å². The maximum atomic E-state index is 13.5. The van der Waals surface area contributed by atoms with E-state index >= 15 is 0 Å². The Bertz CT molecular complexity index is 1420. The van der Waals surface area contributed by atoms with Crippen molar-refractivity contribution >= 4 is 34.0 Å². The summed E-state index contributed by atoms with van der Waals surface area (Å²) in [6.45, 7) is 2.04. The van der Waals surface area contributed by atoms with E-state index in [2.05, 4.69) is 16.0 Å². The number of fused-ring (bicyclic) bond motifs is 1. The summed E-state index contributed by atoms with van der Waals surface area (Å²) in [5.74, 6) is -0.297. The number of hydrogen-bond acceptors (Lipinski definition) is 7. The van der Waals surface area contributed by atoms with Crippen LogP contribution in [0.3, 0.4) is 0 Å². The molecule has 32 heavy (non-hydrogen) atoms. The van der Waals surface area contributed by atoms with Crippen LogP contribution < -0.4 is 0 Å². The number of thiophene rings is 1. The summed E-state index contributed by atoms with van der Waals surface area (Å²) in [4.78, 5) is 24.3. The minimum atomic E-state index is -0.629. The Hall–Kier alpha value is -3.83. The number of hydrogen-bond donors (Lipinski definition) is 1. The zero-order valence-electron chi connectivity index (χ0n) is 17.5. The van der Waals surface area contributed by atoms with Crippen LogP contribution in [0.2, 0.25) is 0 Å². The first-order valence-electron chi connectivity index (χ1n) is 10.0. The van der Waals surface area contributed by atoms with Crippen LogP contribution >= 0.6 is 11.3 Å². The molecular formula is C24H19N5O2S. The van der Waals surface area contributed by atoms with Gasteiger partial charge >= 0.3 is 0 Å². The number of nitriles is 1. The van der Waals surface area contributed by atoms with E-state index in [1.165, 1.54) is 22.4 Å². The van der Waals surface area contributed by atoms with Gasteiger partial charge in [-0.25, -0.2) is 4.98 Å². The van der Waals surface area contributed by atoms with Gasteiger partial charge in [-0.1, -0.05) is 13.0 Å². The summed E-state index contributed by atoms with van der Waals surface area (Å²) >= 11 is 1.51. The van der Waals surface area contributed by atoms with Crippen molar-refractivity contribution in [2.45, 2.75) is 24.7 Å². The molecule has 0 saturated carbocycles. The number of nitrogens with zero attached hydrogens (tertiary/aromatic N) is 4. The summed E-state index contributed by atoms with van der Waals surface area (Å²) in [7, 11) is 1.66. The number of carbonyl (C=O) groups excluding carboxylic acids is 1. The third kappa shape index (κ3) is 3.01. The van der Waals surface area contributed by atoms with Crippen LogP contribution in [0.5, 0.6) is 0 Å². The third-order valence-corrected chi connectivity index (χ3v) is 7.41.